The third-order valence-corrected chi connectivity index (χ3v) is 5.65. The molecule has 0 unspecified atom stereocenters. The van der Waals surface area contributed by atoms with Crippen LogP contribution in [0, 0.1) is 0 Å². The van der Waals surface area contributed by atoms with Crippen LogP contribution in [0.4, 0.5) is 0 Å². The van der Waals surface area contributed by atoms with Crippen LogP contribution < -0.4 is 5.32 Å². The predicted octanol–water partition coefficient (Wildman–Crippen LogP) is 0.558. The fourth-order valence-electron chi connectivity index (χ4n) is 3.81. The van der Waals surface area contributed by atoms with Crippen LogP contribution in [-0.2, 0) is 11.3 Å². The van der Waals surface area contributed by atoms with Crippen molar-refractivity contribution in [3.8, 4) is 0 Å². The Labute approximate surface area is 164 Å². The first-order valence-electron chi connectivity index (χ1n) is 10.4. The van der Waals surface area contributed by atoms with E-state index in [4.69, 9.17) is 0 Å². The summed E-state index contributed by atoms with van der Waals surface area (Å²) in [6.45, 7) is 12.0. The lowest BCUT2D eigenvalue weighted by molar-refractivity contribution is -0.122. The van der Waals surface area contributed by atoms with Crippen LogP contribution in [0.1, 0.15) is 12.0 Å². The first-order valence-corrected chi connectivity index (χ1v) is 10.4. The minimum atomic E-state index is 0.171. The maximum Gasteiger partial charge on any atom is 0.234 e. The van der Waals surface area contributed by atoms with Gasteiger partial charge in [-0.05, 0) is 25.6 Å². The van der Waals surface area contributed by atoms with Crippen molar-refractivity contribution in [2.75, 3.05) is 79.0 Å². The Bertz CT molecular complexity index is 551. The van der Waals surface area contributed by atoms with Crippen molar-refractivity contribution in [1.82, 2.24) is 24.9 Å². The van der Waals surface area contributed by atoms with Gasteiger partial charge in [0.25, 0.3) is 0 Å². The van der Waals surface area contributed by atoms with E-state index >= 15 is 0 Å². The summed E-state index contributed by atoms with van der Waals surface area (Å²) in [6, 6.07) is 10.6. The Hall–Kier alpha value is -1.47. The van der Waals surface area contributed by atoms with Crippen molar-refractivity contribution in [1.29, 1.82) is 0 Å². The maximum atomic E-state index is 12.2. The number of nitrogens with one attached hydrogen (secondary N) is 1. The lowest BCUT2D eigenvalue weighted by atomic mass is 10.2. The van der Waals surface area contributed by atoms with E-state index in [1.807, 2.05) is 0 Å². The maximum absolute atomic E-state index is 12.2. The zero-order valence-corrected chi connectivity index (χ0v) is 16.8. The Morgan fingerprint density at radius 1 is 0.889 bits per heavy atom. The third kappa shape index (κ3) is 7.22. The molecule has 2 aliphatic rings. The number of hydrogen-bond donors (Lipinski definition) is 1. The second-order valence-electron chi connectivity index (χ2n) is 7.89. The zero-order valence-electron chi connectivity index (χ0n) is 16.8. The van der Waals surface area contributed by atoms with Crippen LogP contribution in [0.15, 0.2) is 30.3 Å². The molecule has 0 aromatic heterocycles. The molecule has 2 fully saturated rings. The van der Waals surface area contributed by atoms with E-state index < -0.39 is 0 Å². The molecule has 150 valence electrons. The summed E-state index contributed by atoms with van der Waals surface area (Å²) in [5.41, 5.74) is 1.36. The molecule has 2 aliphatic heterocycles. The largest absolute Gasteiger partial charge is 0.355 e. The number of likely N-dealkylation sites (N-methyl/N-ethyl adjacent to an activating group) is 1. The van der Waals surface area contributed by atoms with Gasteiger partial charge < -0.3 is 15.1 Å². The van der Waals surface area contributed by atoms with Gasteiger partial charge in [0.1, 0.15) is 0 Å². The third-order valence-electron chi connectivity index (χ3n) is 5.65. The van der Waals surface area contributed by atoms with Crippen molar-refractivity contribution in [3.63, 3.8) is 0 Å². The summed E-state index contributed by atoms with van der Waals surface area (Å²) >= 11 is 0. The van der Waals surface area contributed by atoms with Crippen LogP contribution in [0.3, 0.4) is 0 Å². The summed E-state index contributed by atoms with van der Waals surface area (Å²) in [4.78, 5) is 21.8. The normalized spacial score (nSPS) is 20.6. The Morgan fingerprint density at radius 3 is 2.22 bits per heavy atom. The molecule has 27 heavy (non-hydrogen) atoms. The molecule has 0 radical (unpaired) electrons. The molecule has 1 N–H and O–H groups in total. The van der Waals surface area contributed by atoms with E-state index in [0.717, 1.165) is 78.4 Å². The van der Waals surface area contributed by atoms with Gasteiger partial charge in [-0.15, -0.1) is 0 Å². The highest BCUT2D eigenvalue weighted by atomic mass is 16.2. The predicted molar refractivity (Wildman–Crippen MR) is 110 cm³/mol. The van der Waals surface area contributed by atoms with Crippen LogP contribution in [0.5, 0.6) is 0 Å². The zero-order chi connectivity index (χ0) is 18.9. The summed E-state index contributed by atoms with van der Waals surface area (Å²) < 4.78 is 0. The molecule has 2 heterocycles. The Kier molecular flexibility index (Phi) is 8.08. The number of nitrogens with zero attached hydrogens (tertiary/aromatic N) is 4. The first-order chi connectivity index (χ1) is 13.2. The molecular formula is C21H35N5O. The highest BCUT2D eigenvalue weighted by Crippen LogP contribution is 2.08. The smallest absolute Gasteiger partial charge is 0.234 e. The second kappa shape index (κ2) is 10.8. The Balaban J connectivity index is 1.24. The average Bonchev–Trinajstić information content (AvgIpc) is 2.69. The number of piperazine rings is 2. The molecule has 1 amide bonds. The molecular weight excluding hydrogens is 338 g/mol. The van der Waals surface area contributed by atoms with Gasteiger partial charge >= 0.3 is 0 Å². The van der Waals surface area contributed by atoms with Gasteiger partial charge in [0.15, 0.2) is 0 Å². The molecule has 0 spiro atoms. The molecule has 6 nitrogen and oxygen atoms in total. The van der Waals surface area contributed by atoms with Crippen LogP contribution in [0.2, 0.25) is 0 Å². The Morgan fingerprint density at radius 2 is 1.52 bits per heavy atom. The lowest BCUT2D eigenvalue weighted by Gasteiger charge is -2.34. The molecule has 0 bridgehead atoms. The monoisotopic (exact) mass is 373 g/mol. The van der Waals surface area contributed by atoms with Crippen molar-refractivity contribution in [2.24, 2.45) is 0 Å². The second-order valence-corrected chi connectivity index (χ2v) is 7.89. The van der Waals surface area contributed by atoms with Crippen molar-refractivity contribution >= 4 is 5.91 Å². The van der Waals surface area contributed by atoms with Gasteiger partial charge in [-0.2, -0.15) is 0 Å². The van der Waals surface area contributed by atoms with Gasteiger partial charge in [0, 0.05) is 65.4 Å². The van der Waals surface area contributed by atoms with E-state index in [9.17, 15) is 4.79 Å². The number of benzene rings is 1. The molecule has 3 rings (SSSR count). The topological polar surface area (TPSA) is 42.1 Å². The highest BCUT2D eigenvalue weighted by molar-refractivity contribution is 5.77. The molecule has 1 aromatic rings. The molecule has 0 atom stereocenters. The number of carbonyl (C=O) groups excluding carboxylic acids is 1. The van der Waals surface area contributed by atoms with E-state index in [0.29, 0.717) is 6.54 Å². The summed E-state index contributed by atoms with van der Waals surface area (Å²) in [5.74, 6) is 0.171. The quantitative estimate of drug-likeness (QED) is 0.675. The van der Waals surface area contributed by atoms with Crippen LogP contribution >= 0.6 is 0 Å². The van der Waals surface area contributed by atoms with Crippen molar-refractivity contribution in [3.05, 3.63) is 35.9 Å². The highest BCUT2D eigenvalue weighted by Gasteiger charge is 2.19. The summed E-state index contributed by atoms with van der Waals surface area (Å²) in [6.07, 6.45) is 1.04. The molecule has 0 saturated carbocycles. The van der Waals surface area contributed by atoms with Gasteiger partial charge in [0.05, 0.1) is 6.54 Å². The SMILES string of the molecule is CN1CCN(CCCNC(=O)CN2CCN(Cc3ccccc3)CC2)CC1. The van der Waals surface area contributed by atoms with Crippen molar-refractivity contribution in [2.45, 2.75) is 13.0 Å². The minimum absolute atomic E-state index is 0.171. The van der Waals surface area contributed by atoms with Gasteiger partial charge in [-0.25, -0.2) is 0 Å². The first kappa shape index (κ1) is 20.3. The van der Waals surface area contributed by atoms with E-state index in [1.54, 1.807) is 0 Å². The van der Waals surface area contributed by atoms with E-state index in [-0.39, 0.29) is 5.91 Å². The van der Waals surface area contributed by atoms with E-state index in [2.05, 4.69) is 62.3 Å². The number of amides is 1. The summed E-state index contributed by atoms with van der Waals surface area (Å²) in [7, 11) is 2.18. The van der Waals surface area contributed by atoms with Crippen molar-refractivity contribution < 1.29 is 4.79 Å². The average molecular weight is 374 g/mol. The fraction of sp³-hybridized carbons (Fsp3) is 0.667. The number of hydrogen-bond acceptors (Lipinski definition) is 5. The molecule has 0 aliphatic carbocycles. The molecule has 6 heteroatoms. The minimum Gasteiger partial charge on any atom is -0.355 e. The fourth-order valence-corrected chi connectivity index (χ4v) is 3.81. The van der Waals surface area contributed by atoms with E-state index in [1.165, 1.54) is 5.56 Å². The van der Waals surface area contributed by atoms with Gasteiger partial charge in [0.2, 0.25) is 5.91 Å². The number of rotatable bonds is 8. The van der Waals surface area contributed by atoms with Gasteiger partial charge in [-0.1, -0.05) is 30.3 Å². The molecule has 2 saturated heterocycles. The lowest BCUT2D eigenvalue weighted by Crippen LogP contribution is -2.49. The molecule has 1 aromatic carbocycles. The number of carbonyl (C=O) groups is 1. The van der Waals surface area contributed by atoms with Gasteiger partial charge in [-0.3, -0.25) is 14.6 Å². The summed E-state index contributed by atoms with van der Waals surface area (Å²) in [5, 5.41) is 3.10. The van der Waals surface area contributed by atoms with Crippen LogP contribution in [-0.4, -0.2) is 105 Å². The standard InChI is InChI=1S/C21H35N5O/c1-23-10-12-24(13-11-23)9-5-8-22-21(27)19-26-16-14-25(15-17-26)18-20-6-3-2-4-7-20/h2-4,6-7H,5,8-19H2,1H3,(H,22,27). The van der Waals surface area contributed by atoms with Crippen LogP contribution in [0.25, 0.3) is 0 Å².